The van der Waals surface area contributed by atoms with Crippen LogP contribution < -0.4 is 16.8 Å². The molecule has 0 amide bonds. The number of nitrogen functional groups attached to an aromatic ring is 2. The van der Waals surface area contributed by atoms with E-state index in [1.54, 1.807) is 0 Å². The van der Waals surface area contributed by atoms with Gasteiger partial charge in [0.2, 0.25) is 0 Å². The quantitative estimate of drug-likeness (QED) is 0.655. The maximum absolute atomic E-state index is 5.69. The second-order valence-corrected chi connectivity index (χ2v) is 3.17. The fourth-order valence-corrected chi connectivity index (χ4v) is 1.13. The molecule has 0 spiro atoms. The first-order chi connectivity index (χ1) is 7.15. The predicted molar refractivity (Wildman–Crippen MR) is 60.4 cm³/mol. The summed E-state index contributed by atoms with van der Waals surface area (Å²) in [7, 11) is 0. The molecule has 5 N–H and O–H groups in total. The molecule has 1 heterocycles. The first-order valence-corrected chi connectivity index (χ1v) is 4.86. The van der Waals surface area contributed by atoms with Crippen molar-refractivity contribution in [2.75, 3.05) is 29.9 Å². The number of nitrogens with two attached hydrogens (primary N) is 2. The van der Waals surface area contributed by atoms with Crippen LogP contribution in [-0.2, 0) is 4.74 Å². The topological polar surface area (TPSA) is 99.1 Å². The van der Waals surface area contributed by atoms with Gasteiger partial charge in [-0.15, -0.1) is 0 Å². The van der Waals surface area contributed by atoms with Gasteiger partial charge < -0.3 is 21.5 Å². The molecule has 0 fully saturated rings. The number of hydrogen-bond acceptors (Lipinski definition) is 6. The third kappa shape index (κ3) is 3.25. The normalized spacial score (nSPS) is 12.4. The summed E-state index contributed by atoms with van der Waals surface area (Å²) in [6, 6.07) is 0. The number of ether oxygens (including phenoxy) is 1. The molecule has 0 aromatic carbocycles. The minimum absolute atomic E-state index is 0.102. The van der Waals surface area contributed by atoms with Crippen molar-refractivity contribution in [3.05, 3.63) is 6.33 Å². The van der Waals surface area contributed by atoms with Crippen LogP contribution in [-0.4, -0.2) is 29.2 Å². The van der Waals surface area contributed by atoms with E-state index in [9.17, 15) is 0 Å². The molecule has 1 aromatic heterocycles. The summed E-state index contributed by atoms with van der Waals surface area (Å²) in [6.45, 7) is 5.24. The van der Waals surface area contributed by atoms with Crippen LogP contribution in [0.25, 0.3) is 0 Å². The molecule has 1 rings (SSSR count). The Kier molecular flexibility index (Phi) is 4.11. The number of nitrogens with one attached hydrogen (secondary N) is 1. The van der Waals surface area contributed by atoms with E-state index < -0.39 is 0 Å². The van der Waals surface area contributed by atoms with Gasteiger partial charge in [-0.3, -0.25) is 0 Å². The molecule has 0 saturated heterocycles. The summed E-state index contributed by atoms with van der Waals surface area (Å²) in [5, 5.41) is 3.06. The van der Waals surface area contributed by atoms with Crippen molar-refractivity contribution in [2.24, 2.45) is 0 Å². The van der Waals surface area contributed by atoms with Gasteiger partial charge in [0, 0.05) is 13.2 Å². The summed E-state index contributed by atoms with van der Waals surface area (Å²) in [6.07, 6.45) is 1.48. The second-order valence-electron chi connectivity index (χ2n) is 3.17. The third-order valence-corrected chi connectivity index (χ3v) is 1.92. The number of aromatic nitrogens is 2. The van der Waals surface area contributed by atoms with E-state index >= 15 is 0 Å². The van der Waals surface area contributed by atoms with Gasteiger partial charge in [-0.2, -0.15) is 0 Å². The van der Waals surface area contributed by atoms with Crippen molar-refractivity contribution in [1.82, 2.24) is 9.97 Å². The van der Waals surface area contributed by atoms with Crippen LogP contribution in [0.1, 0.15) is 13.8 Å². The lowest BCUT2D eigenvalue weighted by molar-refractivity contribution is 0.0855. The van der Waals surface area contributed by atoms with Crippen molar-refractivity contribution >= 4 is 17.3 Å². The highest BCUT2D eigenvalue weighted by molar-refractivity contribution is 5.72. The van der Waals surface area contributed by atoms with Crippen LogP contribution in [0.2, 0.25) is 0 Å². The highest BCUT2D eigenvalue weighted by Gasteiger charge is 2.06. The van der Waals surface area contributed by atoms with Gasteiger partial charge in [0.25, 0.3) is 0 Å². The number of rotatable bonds is 5. The monoisotopic (exact) mass is 211 g/mol. The van der Waals surface area contributed by atoms with E-state index in [0.29, 0.717) is 24.7 Å². The molecule has 84 valence electrons. The minimum Gasteiger partial charge on any atom is -0.393 e. The van der Waals surface area contributed by atoms with Crippen LogP contribution in [0.3, 0.4) is 0 Å². The first-order valence-electron chi connectivity index (χ1n) is 4.86. The maximum atomic E-state index is 5.69. The third-order valence-electron chi connectivity index (χ3n) is 1.92. The fourth-order valence-electron chi connectivity index (χ4n) is 1.13. The summed E-state index contributed by atoms with van der Waals surface area (Å²) in [5.74, 6) is 0.839. The molecule has 0 saturated carbocycles. The molecular formula is C9H17N5O. The van der Waals surface area contributed by atoms with Crippen molar-refractivity contribution in [3.8, 4) is 0 Å². The SMILES string of the molecule is CCO[C@H](C)CNc1ncnc(N)c1N. The largest absolute Gasteiger partial charge is 0.393 e. The van der Waals surface area contributed by atoms with Crippen molar-refractivity contribution < 1.29 is 4.74 Å². The van der Waals surface area contributed by atoms with Crippen molar-refractivity contribution in [2.45, 2.75) is 20.0 Å². The van der Waals surface area contributed by atoms with E-state index in [1.165, 1.54) is 6.33 Å². The highest BCUT2D eigenvalue weighted by atomic mass is 16.5. The molecule has 15 heavy (non-hydrogen) atoms. The highest BCUT2D eigenvalue weighted by Crippen LogP contribution is 2.18. The van der Waals surface area contributed by atoms with E-state index in [1.807, 2.05) is 13.8 Å². The molecule has 0 aliphatic carbocycles. The first kappa shape index (κ1) is 11.5. The van der Waals surface area contributed by atoms with Crippen molar-refractivity contribution in [1.29, 1.82) is 0 Å². The molecule has 1 aromatic rings. The van der Waals surface area contributed by atoms with Crippen molar-refractivity contribution in [3.63, 3.8) is 0 Å². The average Bonchev–Trinajstić information content (AvgIpc) is 2.21. The minimum atomic E-state index is 0.102. The van der Waals surface area contributed by atoms with Crippen LogP contribution in [0.4, 0.5) is 17.3 Å². The number of anilines is 3. The summed E-state index contributed by atoms with van der Waals surface area (Å²) in [4.78, 5) is 7.76. The molecular weight excluding hydrogens is 194 g/mol. The van der Waals surface area contributed by atoms with Crippen LogP contribution in [0.15, 0.2) is 6.33 Å². The fraction of sp³-hybridized carbons (Fsp3) is 0.556. The zero-order valence-corrected chi connectivity index (χ0v) is 9.03. The van der Waals surface area contributed by atoms with Gasteiger partial charge in [-0.1, -0.05) is 0 Å². The standard InChI is InChI=1S/C9H17N5O/c1-3-15-6(2)4-12-9-7(10)8(11)13-5-14-9/h5-6H,3-4,10H2,1-2H3,(H3,11,12,13,14)/t6-/m1/s1. The molecule has 0 bridgehead atoms. The van der Waals surface area contributed by atoms with Crippen LogP contribution in [0, 0.1) is 0 Å². The van der Waals surface area contributed by atoms with E-state index in [2.05, 4.69) is 15.3 Å². The number of hydrogen-bond donors (Lipinski definition) is 3. The smallest absolute Gasteiger partial charge is 0.154 e. The summed E-state index contributed by atoms with van der Waals surface area (Å²) >= 11 is 0. The summed E-state index contributed by atoms with van der Waals surface area (Å²) < 4.78 is 5.36. The Morgan fingerprint density at radius 1 is 1.47 bits per heavy atom. The van der Waals surface area contributed by atoms with Gasteiger partial charge in [0.1, 0.15) is 12.0 Å². The number of nitrogens with zero attached hydrogens (tertiary/aromatic N) is 2. The van der Waals surface area contributed by atoms with E-state index in [0.717, 1.165) is 0 Å². The van der Waals surface area contributed by atoms with E-state index in [4.69, 9.17) is 16.2 Å². The molecule has 0 unspecified atom stereocenters. The predicted octanol–water partition coefficient (Wildman–Crippen LogP) is 0.478. The molecule has 0 radical (unpaired) electrons. The maximum Gasteiger partial charge on any atom is 0.154 e. The molecule has 6 heteroatoms. The Hall–Kier alpha value is -1.56. The molecule has 0 aliphatic rings. The zero-order chi connectivity index (χ0) is 11.3. The van der Waals surface area contributed by atoms with Gasteiger partial charge in [0.05, 0.1) is 6.10 Å². The van der Waals surface area contributed by atoms with Gasteiger partial charge in [-0.25, -0.2) is 9.97 Å². The Labute approximate surface area is 89.0 Å². The zero-order valence-electron chi connectivity index (χ0n) is 9.03. The Balaban J connectivity index is 2.54. The van der Waals surface area contributed by atoms with Gasteiger partial charge in [0.15, 0.2) is 11.6 Å². The van der Waals surface area contributed by atoms with Gasteiger partial charge in [-0.05, 0) is 13.8 Å². The molecule has 6 nitrogen and oxygen atoms in total. The van der Waals surface area contributed by atoms with Gasteiger partial charge >= 0.3 is 0 Å². The van der Waals surface area contributed by atoms with Crippen LogP contribution in [0.5, 0.6) is 0 Å². The molecule has 1 atom stereocenters. The van der Waals surface area contributed by atoms with Crippen LogP contribution >= 0.6 is 0 Å². The average molecular weight is 211 g/mol. The lowest BCUT2D eigenvalue weighted by atomic mass is 10.3. The second kappa shape index (κ2) is 5.35. The Morgan fingerprint density at radius 3 is 2.87 bits per heavy atom. The Bertz CT molecular complexity index is 317. The molecule has 0 aliphatic heterocycles. The lowest BCUT2D eigenvalue weighted by Gasteiger charge is -2.14. The van der Waals surface area contributed by atoms with E-state index in [-0.39, 0.29) is 11.9 Å². The summed E-state index contributed by atoms with van der Waals surface area (Å²) in [5.41, 5.74) is 11.6. The lowest BCUT2D eigenvalue weighted by Crippen LogP contribution is -2.21. The Morgan fingerprint density at radius 2 is 2.20 bits per heavy atom.